The van der Waals surface area contributed by atoms with Crippen molar-refractivity contribution in [2.75, 3.05) is 18.5 Å². The van der Waals surface area contributed by atoms with Crippen molar-refractivity contribution in [3.05, 3.63) is 17.2 Å². The van der Waals surface area contributed by atoms with Crippen LogP contribution >= 0.6 is 11.6 Å². The van der Waals surface area contributed by atoms with E-state index < -0.39 is 35.6 Å². The summed E-state index contributed by atoms with van der Waals surface area (Å²) in [5.41, 5.74) is -0.608. The van der Waals surface area contributed by atoms with E-state index >= 15 is 0 Å². The molecular weight excluding hydrogens is 402 g/mol. The SMILES string of the molecule is F[C@@H]1COCC[C@H]1Nc1ncc2c(Cl)nc(C34CC(CC(F)(F)F)(C3)C4)n2n1. The van der Waals surface area contributed by atoms with E-state index in [9.17, 15) is 17.6 Å². The number of ether oxygens (including phenoxy) is 1. The van der Waals surface area contributed by atoms with Gasteiger partial charge in [0, 0.05) is 18.4 Å². The maximum absolute atomic E-state index is 14.0. The number of imidazole rings is 1. The first kappa shape index (κ1) is 18.4. The fourth-order valence-electron chi connectivity index (χ4n) is 5.14. The molecule has 3 heterocycles. The summed E-state index contributed by atoms with van der Waals surface area (Å²) in [7, 11) is 0. The third kappa shape index (κ3) is 2.83. The van der Waals surface area contributed by atoms with Gasteiger partial charge in [-0.25, -0.2) is 18.9 Å². The number of hydrogen-bond acceptors (Lipinski definition) is 5. The largest absolute Gasteiger partial charge is 0.389 e. The lowest BCUT2D eigenvalue weighted by molar-refractivity contribution is -0.236. The van der Waals surface area contributed by atoms with E-state index in [1.165, 1.54) is 6.20 Å². The number of nitrogens with zero attached hydrogens (tertiary/aromatic N) is 4. The van der Waals surface area contributed by atoms with Crippen LogP contribution in [0, 0.1) is 5.41 Å². The molecule has 1 aliphatic heterocycles. The lowest BCUT2D eigenvalue weighted by Crippen LogP contribution is -2.66. The van der Waals surface area contributed by atoms with Gasteiger partial charge in [0.2, 0.25) is 5.95 Å². The predicted octanol–water partition coefficient (Wildman–Crippen LogP) is 3.69. The number of anilines is 1. The Morgan fingerprint density at radius 3 is 2.75 bits per heavy atom. The van der Waals surface area contributed by atoms with Crippen molar-refractivity contribution in [1.82, 2.24) is 19.6 Å². The lowest BCUT2D eigenvalue weighted by atomic mass is 9.34. The van der Waals surface area contributed by atoms with Crippen molar-refractivity contribution in [3.63, 3.8) is 0 Å². The molecule has 0 radical (unpaired) electrons. The van der Waals surface area contributed by atoms with Gasteiger partial charge in [-0.1, -0.05) is 11.6 Å². The van der Waals surface area contributed by atoms with E-state index in [1.807, 2.05) is 0 Å². The van der Waals surface area contributed by atoms with Crippen molar-refractivity contribution < 1.29 is 22.3 Å². The fraction of sp³-hybridized carbons (Fsp3) is 0.706. The average Bonchev–Trinajstić information content (AvgIpc) is 2.87. The minimum absolute atomic E-state index is 0.0203. The molecule has 2 bridgehead atoms. The number of aromatic nitrogens is 4. The summed E-state index contributed by atoms with van der Waals surface area (Å²) in [6, 6.07) is -0.460. The number of rotatable bonds is 4. The molecule has 0 unspecified atom stereocenters. The van der Waals surface area contributed by atoms with Crippen LogP contribution in [0.25, 0.3) is 5.52 Å². The van der Waals surface area contributed by atoms with Gasteiger partial charge in [0.25, 0.3) is 0 Å². The van der Waals surface area contributed by atoms with Crippen LogP contribution in [0.1, 0.15) is 37.9 Å². The molecule has 1 N–H and O–H groups in total. The molecule has 2 aromatic heterocycles. The Morgan fingerprint density at radius 1 is 1.32 bits per heavy atom. The molecule has 3 aliphatic carbocycles. The summed E-state index contributed by atoms with van der Waals surface area (Å²) in [5.74, 6) is 0.791. The summed E-state index contributed by atoms with van der Waals surface area (Å²) in [6.45, 7) is 0.472. The third-order valence-electron chi connectivity index (χ3n) is 6.14. The Balaban J connectivity index is 1.40. The van der Waals surface area contributed by atoms with Crippen LogP contribution in [0.3, 0.4) is 0 Å². The molecule has 1 saturated heterocycles. The van der Waals surface area contributed by atoms with Gasteiger partial charge in [-0.2, -0.15) is 13.2 Å². The first-order valence-electron chi connectivity index (χ1n) is 9.16. The number of halogens is 5. The summed E-state index contributed by atoms with van der Waals surface area (Å²) in [5, 5.41) is 7.61. The smallest absolute Gasteiger partial charge is 0.378 e. The van der Waals surface area contributed by atoms with Gasteiger partial charge in [0.15, 0.2) is 5.15 Å². The number of fused-ring (bicyclic) bond motifs is 1. The summed E-state index contributed by atoms with van der Waals surface area (Å²) in [6.07, 6.45) is -2.83. The molecule has 152 valence electrons. The van der Waals surface area contributed by atoms with Gasteiger partial charge < -0.3 is 10.1 Å². The molecule has 28 heavy (non-hydrogen) atoms. The standard InChI is InChI=1S/C17H18ClF4N5O/c18-12-11-3-23-14(24-10-1-2-28-4-9(10)19)26-27(11)13(25-12)16-5-15(6-16,7-16)8-17(20,21)22/h3,9-10H,1-2,4-8H2,(H,24,26)/t9-,10-,15?,16?/m1/s1. The van der Waals surface area contributed by atoms with E-state index in [-0.39, 0.29) is 17.7 Å². The maximum atomic E-state index is 14.0. The van der Waals surface area contributed by atoms with E-state index in [0.717, 1.165) is 0 Å². The van der Waals surface area contributed by atoms with Crippen LogP contribution < -0.4 is 5.32 Å². The first-order valence-corrected chi connectivity index (χ1v) is 9.53. The maximum Gasteiger partial charge on any atom is 0.389 e. The highest BCUT2D eigenvalue weighted by Crippen LogP contribution is 2.76. The van der Waals surface area contributed by atoms with E-state index in [0.29, 0.717) is 43.6 Å². The van der Waals surface area contributed by atoms with E-state index in [1.54, 1.807) is 4.52 Å². The molecule has 0 aromatic carbocycles. The van der Waals surface area contributed by atoms with Crippen LogP contribution in [0.2, 0.25) is 5.15 Å². The molecule has 2 aromatic rings. The van der Waals surface area contributed by atoms with Gasteiger partial charge in [-0.05, 0) is 31.1 Å². The monoisotopic (exact) mass is 419 g/mol. The Bertz CT molecular complexity index is 912. The fourth-order valence-corrected chi connectivity index (χ4v) is 5.35. The van der Waals surface area contributed by atoms with Crippen molar-refractivity contribution >= 4 is 23.1 Å². The highest BCUT2D eigenvalue weighted by Gasteiger charge is 2.72. The van der Waals surface area contributed by atoms with Crippen molar-refractivity contribution in [2.24, 2.45) is 5.41 Å². The predicted molar refractivity (Wildman–Crippen MR) is 92.2 cm³/mol. The van der Waals surface area contributed by atoms with Crippen molar-refractivity contribution in [2.45, 2.75) is 55.9 Å². The summed E-state index contributed by atoms with van der Waals surface area (Å²) >= 11 is 6.20. The lowest BCUT2D eigenvalue weighted by Gasteiger charge is -2.70. The van der Waals surface area contributed by atoms with Gasteiger partial charge in [0.1, 0.15) is 17.5 Å². The number of nitrogens with one attached hydrogen (secondary N) is 1. The molecule has 2 atom stereocenters. The Kier molecular flexibility index (Phi) is 3.88. The van der Waals surface area contributed by atoms with Crippen LogP contribution in [0.4, 0.5) is 23.5 Å². The normalized spacial score (nSPS) is 34.8. The number of hydrogen-bond donors (Lipinski definition) is 1. The molecule has 6 nitrogen and oxygen atoms in total. The Morgan fingerprint density at radius 2 is 2.07 bits per heavy atom. The van der Waals surface area contributed by atoms with Crippen LogP contribution in [-0.2, 0) is 10.2 Å². The van der Waals surface area contributed by atoms with Crippen molar-refractivity contribution in [3.8, 4) is 0 Å². The molecule has 11 heteroatoms. The molecule has 3 saturated carbocycles. The minimum atomic E-state index is -4.16. The zero-order valence-electron chi connectivity index (χ0n) is 14.8. The van der Waals surface area contributed by atoms with E-state index in [4.69, 9.17) is 16.3 Å². The molecule has 0 spiro atoms. The van der Waals surface area contributed by atoms with E-state index in [2.05, 4.69) is 20.4 Å². The Hall–Kier alpha value is -1.68. The zero-order valence-corrected chi connectivity index (χ0v) is 15.5. The van der Waals surface area contributed by atoms with Gasteiger partial charge in [-0.3, -0.25) is 0 Å². The zero-order chi connectivity index (χ0) is 19.7. The average molecular weight is 420 g/mol. The summed E-state index contributed by atoms with van der Waals surface area (Å²) < 4.78 is 59.0. The first-order chi connectivity index (χ1) is 13.2. The second kappa shape index (κ2) is 5.91. The summed E-state index contributed by atoms with van der Waals surface area (Å²) in [4.78, 5) is 8.56. The number of alkyl halides is 4. The van der Waals surface area contributed by atoms with Crippen LogP contribution in [0.15, 0.2) is 6.20 Å². The van der Waals surface area contributed by atoms with Gasteiger partial charge >= 0.3 is 6.18 Å². The molecule has 6 rings (SSSR count). The highest BCUT2D eigenvalue weighted by atomic mass is 35.5. The highest BCUT2D eigenvalue weighted by molar-refractivity contribution is 6.32. The van der Waals surface area contributed by atoms with Crippen LogP contribution in [-0.4, -0.2) is 51.2 Å². The second-order valence-electron chi connectivity index (χ2n) is 8.34. The molecular formula is C17H18ClF4N5O. The minimum Gasteiger partial charge on any atom is -0.378 e. The third-order valence-corrected chi connectivity index (χ3v) is 6.42. The quantitative estimate of drug-likeness (QED) is 0.766. The molecule has 4 fully saturated rings. The van der Waals surface area contributed by atoms with Gasteiger partial charge in [-0.15, -0.1) is 5.10 Å². The van der Waals surface area contributed by atoms with Crippen molar-refractivity contribution in [1.29, 1.82) is 0 Å². The Labute approximate surface area is 162 Å². The second-order valence-corrected chi connectivity index (χ2v) is 8.70. The topological polar surface area (TPSA) is 64.3 Å². The van der Waals surface area contributed by atoms with Crippen LogP contribution in [0.5, 0.6) is 0 Å². The molecule has 4 aliphatic rings. The van der Waals surface area contributed by atoms with Gasteiger partial charge in [0.05, 0.1) is 18.8 Å². The molecule has 0 amide bonds.